The Morgan fingerprint density at radius 3 is 1.64 bits per heavy atom. The minimum Gasteiger partial charge on any atom is -0.497 e. The molecule has 0 amide bonds. The zero-order chi connectivity index (χ0) is 16.5. The van der Waals surface area contributed by atoms with Crippen molar-refractivity contribution in [3.05, 3.63) is 46.5 Å². The van der Waals surface area contributed by atoms with Crippen LogP contribution >= 0.6 is 0 Å². The molecule has 0 aliphatic carbocycles. The van der Waals surface area contributed by atoms with E-state index in [1.54, 1.807) is 42.5 Å². The van der Waals surface area contributed by atoms with Gasteiger partial charge in [-0.15, -0.1) is 0 Å². The van der Waals surface area contributed by atoms with Crippen molar-refractivity contribution in [3.63, 3.8) is 0 Å². The van der Waals surface area contributed by atoms with Crippen molar-refractivity contribution in [2.24, 2.45) is 0 Å². The van der Waals surface area contributed by atoms with E-state index < -0.39 is 5.57 Å². The number of hydrogen-bond donors (Lipinski definition) is 0. The van der Waals surface area contributed by atoms with Gasteiger partial charge in [-0.3, -0.25) is 0 Å². The molecule has 0 heterocycles. The largest absolute Gasteiger partial charge is 0.497 e. The molecule has 1 aromatic carbocycles. The van der Waals surface area contributed by atoms with Crippen LogP contribution in [0.4, 0.5) is 0 Å². The van der Waals surface area contributed by atoms with Gasteiger partial charge in [0.25, 0.3) is 0 Å². The number of ether oxygens (including phenoxy) is 1. The monoisotopic (exact) mass is 285 g/mol. The van der Waals surface area contributed by atoms with Gasteiger partial charge in [0.15, 0.2) is 0 Å². The smallest absolute Gasteiger partial charge is 0.148 e. The molecular formula is C16H7N5O. The van der Waals surface area contributed by atoms with E-state index in [2.05, 4.69) is 0 Å². The first-order valence-corrected chi connectivity index (χ1v) is 5.80. The molecule has 0 saturated carbocycles. The average molecular weight is 285 g/mol. The maximum absolute atomic E-state index is 9.24. The average Bonchev–Trinajstić information content (AvgIpc) is 2.58. The lowest BCUT2D eigenvalue weighted by atomic mass is 9.91. The molecule has 0 aliphatic heterocycles. The van der Waals surface area contributed by atoms with Crippen LogP contribution in [0, 0.1) is 56.7 Å². The number of benzene rings is 1. The van der Waals surface area contributed by atoms with Crippen LogP contribution in [0.2, 0.25) is 0 Å². The Morgan fingerprint density at radius 1 is 0.773 bits per heavy atom. The van der Waals surface area contributed by atoms with E-state index >= 15 is 0 Å². The van der Waals surface area contributed by atoms with Gasteiger partial charge < -0.3 is 4.74 Å². The third kappa shape index (κ3) is 3.09. The van der Waals surface area contributed by atoms with Gasteiger partial charge in [-0.1, -0.05) is 12.1 Å². The summed E-state index contributed by atoms with van der Waals surface area (Å²) >= 11 is 0. The van der Waals surface area contributed by atoms with E-state index in [0.717, 1.165) is 0 Å². The van der Waals surface area contributed by atoms with Crippen molar-refractivity contribution in [2.75, 3.05) is 7.11 Å². The lowest BCUT2D eigenvalue weighted by molar-refractivity contribution is 0.415. The molecular weight excluding hydrogens is 278 g/mol. The van der Waals surface area contributed by atoms with Gasteiger partial charge in [0.1, 0.15) is 47.2 Å². The van der Waals surface area contributed by atoms with Gasteiger partial charge in [0.2, 0.25) is 0 Å². The minimum atomic E-state index is -0.462. The van der Waals surface area contributed by atoms with Gasteiger partial charge >= 0.3 is 0 Å². The Kier molecular flexibility index (Phi) is 5.47. The third-order valence-electron chi connectivity index (χ3n) is 2.69. The molecule has 6 heteroatoms. The van der Waals surface area contributed by atoms with Crippen molar-refractivity contribution in [1.29, 1.82) is 26.3 Å². The van der Waals surface area contributed by atoms with Crippen LogP contribution in [0.25, 0.3) is 5.57 Å². The van der Waals surface area contributed by atoms with Crippen LogP contribution in [-0.4, -0.2) is 7.11 Å². The Hall–Kier alpha value is -4.05. The second kappa shape index (κ2) is 7.52. The summed E-state index contributed by atoms with van der Waals surface area (Å²) in [5.41, 5.74) is -0.819. The molecule has 0 atom stereocenters. The Bertz CT molecular complexity index is 824. The molecule has 1 rings (SSSR count). The fraction of sp³-hybridized carbons (Fsp3) is 0.0625. The van der Waals surface area contributed by atoms with Gasteiger partial charge in [0, 0.05) is 5.57 Å². The van der Waals surface area contributed by atoms with Gasteiger partial charge in [0.05, 0.1) is 12.7 Å². The van der Waals surface area contributed by atoms with Crippen molar-refractivity contribution in [3.8, 4) is 36.1 Å². The summed E-state index contributed by atoms with van der Waals surface area (Å²) in [6.07, 6.45) is 0. The lowest BCUT2D eigenvalue weighted by Crippen LogP contribution is -1.96. The van der Waals surface area contributed by atoms with Gasteiger partial charge in [-0.2, -0.15) is 26.3 Å². The number of rotatable bonds is 3. The number of allylic oxidation sites excluding steroid dienone is 4. The molecule has 6 nitrogen and oxygen atoms in total. The zero-order valence-corrected chi connectivity index (χ0v) is 11.5. The molecule has 0 N–H and O–H groups in total. The fourth-order valence-electron chi connectivity index (χ4n) is 1.68. The molecule has 0 bridgehead atoms. The third-order valence-corrected chi connectivity index (χ3v) is 2.69. The molecule has 1 aromatic rings. The van der Waals surface area contributed by atoms with Crippen LogP contribution in [-0.2, 0) is 0 Å². The molecule has 0 fully saturated rings. The first-order valence-electron chi connectivity index (χ1n) is 5.80. The Labute approximate surface area is 127 Å². The summed E-state index contributed by atoms with van der Waals surface area (Å²) < 4.78 is 5.01. The van der Waals surface area contributed by atoms with Crippen molar-refractivity contribution >= 4 is 5.57 Å². The lowest BCUT2D eigenvalue weighted by Gasteiger charge is -2.08. The standard InChI is InChI=1S/C16H7N5O/c1-22-14-4-2-11(3-5-14)16(13(8-19)9-20)15(10-21)12(6-17)7-18/h2-5H,1H3. The number of methoxy groups -OCH3 is 1. The maximum atomic E-state index is 9.24. The highest BCUT2D eigenvalue weighted by Crippen LogP contribution is 2.29. The zero-order valence-electron chi connectivity index (χ0n) is 11.5. The molecule has 0 saturated heterocycles. The summed E-state index contributed by atoms with van der Waals surface area (Å²) in [5.74, 6) is 0.543. The Balaban J connectivity index is 3.78. The second-order valence-electron chi connectivity index (χ2n) is 3.79. The quantitative estimate of drug-likeness (QED) is 0.619. The van der Waals surface area contributed by atoms with Crippen LogP contribution < -0.4 is 4.74 Å². The molecule has 0 unspecified atom stereocenters. The van der Waals surface area contributed by atoms with Crippen LogP contribution in [0.3, 0.4) is 0 Å². The molecule has 22 heavy (non-hydrogen) atoms. The van der Waals surface area contributed by atoms with Crippen LogP contribution in [0.15, 0.2) is 41.0 Å². The van der Waals surface area contributed by atoms with Gasteiger partial charge in [-0.05, 0) is 17.7 Å². The van der Waals surface area contributed by atoms with E-state index in [9.17, 15) is 5.26 Å². The van der Waals surface area contributed by atoms with Crippen molar-refractivity contribution in [1.82, 2.24) is 0 Å². The second-order valence-corrected chi connectivity index (χ2v) is 3.79. The van der Waals surface area contributed by atoms with Crippen LogP contribution in [0.1, 0.15) is 5.56 Å². The molecule has 0 radical (unpaired) electrons. The van der Waals surface area contributed by atoms with E-state index in [-0.39, 0.29) is 16.7 Å². The Morgan fingerprint density at radius 2 is 1.27 bits per heavy atom. The molecule has 0 spiro atoms. The summed E-state index contributed by atoms with van der Waals surface area (Å²) in [6.45, 7) is 0. The summed E-state index contributed by atoms with van der Waals surface area (Å²) in [6, 6.07) is 14.5. The normalized spacial score (nSPS) is 8.00. The van der Waals surface area contributed by atoms with E-state index in [1.807, 2.05) is 0 Å². The van der Waals surface area contributed by atoms with Gasteiger partial charge in [-0.25, -0.2) is 0 Å². The predicted molar refractivity (Wildman–Crippen MR) is 75.0 cm³/mol. The van der Waals surface area contributed by atoms with Crippen LogP contribution in [0.5, 0.6) is 5.75 Å². The highest BCUT2D eigenvalue weighted by atomic mass is 16.5. The number of nitriles is 5. The minimum absolute atomic E-state index is 0.0479. The molecule has 0 aromatic heterocycles. The van der Waals surface area contributed by atoms with E-state index in [4.69, 9.17) is 25.8 Å². The van der Waals surface area contributed by atoms with Crippen molar-refractivity contribution < 1.29 is 4.74 Å². The first kappa shape index (κ1) is 16.0. The first-order chi connectivity index (χ1) is 10.7. The topological polar surface area (TPSA) is 128 Å². The van der Waals surface area contributed by atoms with E-state index in [0.29, 0.717) is 11.3 Å². The molecule has 102 valence electrons. The number of hydrogen-bond acceptors (Lipinski definition) is 6. The summed E-state index contributed by atoms with van der Waals surface area (Å²) in [4.78, 5) is 0. The molecule has 0 aliphatic rings. The maximum Gasteiger partial charge on any atom is 0.148 e. The highest BCUT2D eigenvalue weighted by molar-refractivity contribution is 5.91. The van der Waals surface area contributed by atoms with E-state index in [1.165, 1.54) is 19.2 Å². The predicted octanol–water partition coefficient (Wildman–Crippen LogP) is 2.36. The summed E-state index contributed by atoms with van der Waals surface area (Å²) in [5, 5.41) is 45.3. The fourth-order valence-corrected chi connectivity index (χ4v) is 1.68. The number of nitrogens with zero attached hydrogens (tertiary/aromatic N) is 5. The van der Waals surface area contributed by atoms with Crippen molar-refractivity contribution in [2.45, 2.75) is 0 Å². The SMILES string of the molecule is COc1ccc(C(=C(C#N)C#N)C(C#N)=C(C#N)C#N)cc1. The summed E-state index contributed by atoms with van der Waals surface area (Å²) in [7, 11) is 1.48. The highest BCUT2D eigenvalue weighted by Gasteiger charge is 2.19.